The third kappa shape index (κ3) is 6.57. The molecule has 1 aromatic heterocycles. The van der Waals surface area contributed by atoms with E-state index in [2.05, 4.69) is 20.9 Å². The van der Waals surface area contributed by atoms with Crippen LogP contribution < -0.4 is 4.90 Å². The molecule has 3 rings (SSSR count). The summed E-state index contributed by atoms with van der Waals surface area (Å²) < 4.78 is 40.0. The van der Waals surface area contributed by atoms with Crippen LogP contribution in [0, 0.1) is 5.82 Å². The fraction of sp³-hybridized carbons (Fsp3) is 0.364. The number of nitrogens with zero attached hydrogens (tertiary/aromatic N) is 3. The first kappa shape index (κ1) is 24.8. The minimum Gasteiger partial charge on any atom is -0.309 e. The van der Waals surface area contributed by atoms with E-state index in [0.29, 0.717) is 11.7 Å². The maximum atomic E-state index is 13.1. The van der Waals surface area contributed by atoms with Gasteiger partial charge in [0.05, 0.1) is 20.9 Å². The van der Waals surface area contributed by atoms with Gasteiger partial charge in [-0.2, -0.15) is 0 Å². The summed E-state index contributed by atoms with van der Waals surface area (Å²) in [6.45, 7) is 1.32. The molecule has 0 aliphatic rings. The predicted octanol–water partition coefficient (Wildman–Crippen LogP) is 4.74. The van der Waals surface area contributed by atoms with Crippen molar-refractivity contribution in [3.63, 3.8) is 0 Å². The normalized spacial score (nSPS) is 11.9. The Morgan fingerprint density at radius 1 is 1.09 bits per heavy atom. The van der Waals surface area contributed by atoms with Gasteiger partial charge in [0.2, 0.25) is 5.91 Å². The molecule has 0 atom stereocenters. The molecule has 0 N–H and O–H groups in total. The molecule has 2 aromatic carbocycles. The summed E-state index contributed by atoms with van der Waals surface area (Å²) in [5, 5.41) is 0.614. The first-order chi connectivity index (χ1) is 15.2. The Kier molecular flexibility index (Phi) is 8.37. The summed E-state index contributed by atoms with van der Waals surface area (Å²) in [6, 6.07) is 10.5. The van der Waals surface area contributed by atoms with Gasteiger partial charge in [0.1, 0.15) is 5.82 Å². The number of carbonyl (C=O) groups is 1. The van der Waals surface area contributed by atoms with Gasteiger partial charge in [-0.3, -0.25) is 9.69 Å². The number of sulfone groups is 1. The van der Waals surface area contributed by atoms with Crippen molar-refractivity contribution in [1.82, 2.24) is 9.88 Å². The quantitative estimate of drug-likeness (QED) is 0.347. The van der Waals surface area contributed by atoms with Crippen molar-refractivity contribution in [3.05, 3.63) is 52.8 Å². The second-order valence-electron chi connectivity index (χ2n) is 7.69. The average molecular weight is 542 g/mol. The van der Waals surface area contributed by atoms with E-state index in [1.807, 2.05) is 37.2 Å². The number of anilines is 1. The number of rotatable bonds is 10. The number of carbonyl (C=O) groups excluding carboxylic acids is 1. The zero-order valence-electron chi connectivity index (χ0n) is 17.9. The minimum atomic E-state index is -3.58. The van der Waals surface area contributed by atoms with Crippen LogP contribution in [-0.4, -0.2) is 57.1 Å². The molecule has 0 saturated heterocycles. The lowest BCUT2D eigenvalue weighted by Gasteiger charge is -2.21. The third-order valence-electron chi connectivity index (χ3n) is 4.83. The Labute approximate surface area is 200 Å². The molecule has 0 saturated carbocycles. The van der Waals surface area contributed by atoms with Crippen LogP contribution in [0.4, 0.5) is 9.52 Å². The van der Waals surface area contributed by atoms with Crippen LogP contribution in [0.15, 0.2) is 51.8 Å². The fourth-order valence-corrected chi connectivity index (χ4v) is 6.05. The van der Waals surface area contributed by atoms with Crippen molar-refractivity contribution in [2.75, 3.05) is 37.8 Å². The molecule has 1 heterocycles. The van der Waals surface area contributed by atoms with Crippen LogP contribution in [0.5, 0.6) is 0 Å². The van der Waals surface area contributed by atoms with Crippen LogP contribution >= 0.6 is 27.3 Å². The molecule has 0 spiro atoms. The van der Waals surface area contributed by atoms with Crippen molar-refractivity contribution in [2.24, 2.45) is 0 Å². The van der Waals surface area contributed by atoms with Gasteiger partial charge < -0.3 is 4.90 Å². The zero-order valence-corrected chi connectivity index (χ0v) is 21.1. The second-order valence-corrected chi connectivity index (χ2v) is 11.7. The van der Waals surface area contributed by atoms with Crippen molar-refractivity contribution in [1.29, 1.82) is 0 Å². The standard InChI is InChI=1S/C22H25BrFN3O3S2/c1-26(2)12-4-13-27(22-25-19-11-6-16(23)15-20(19)31-22)21(28)5-3-14-32(29,30)18-9-7-17(24)8-10-18/h6-11,15H,3-5,12-14H2,1-2H3. The van der Waals surface area contributed by atoms with Crippen molar-refractivity contribution in [2.45, 2.75) is 24.2 Å². The zero-order chi connectivity index (χ0) is 23.3. The van der Waals surface area contributed by atoms with Crippen LogP contribution in [0.2, 0.25) is 0 Å². The van der Waals surface area contributed by atoms with Gasteiger partial charge in [0.15, 0.2) is 15.0 Å². The lowest BCUT2D eigenvalue weighted by atomic mass is 10.3. The van der Waals surface area contributed by atoms with Gasteiger partial charge >= 0.3 is 0 Å². The highest BCUT2D eigenvalue weighted by Gasteiger charge is 2.21. The monoisotopic (exact) mass is 541 g/mol. The van der Waals surface area contributed by atoms with Gasteiger partial charge in [-0.05, 0) is 75.9 Å². The molecule has 3 aromatic rings. The van der Waals surface area contributed by atoms with Crippen molar-refractivity contribution < 1.29 is 17.6 Å². The van der Waals surface area contributed by atoms with Gasteiger partial charge in [0, 0.05) is 17.4 Å². The van der Waals surface area contributed by atoms with E-state index in [9.17, 15) is 17.6 Å². The highest BCUT2D eigenvalue weighted by molar-refractivity contribution is 9.10. The number of benzene rings is 2. The molecule has 0 unspecified atom stereocenters. The number of halogens is 2. The van der Waals surface area contributed by atoms with Gasteiger partial charge in [0.25, 0.3) is 0 Å². The molecule has 0 fully saturated rings. The summed E-state index contributed by atoms with van der Waals surface area (Å²) in [5.74, 6) is -0.825. The maximum Gasteiger partial charge on any atom is 0.228 e. The van der Waals surface area contributed by atoms with E-state index >= 15 is 0 Å². The number of fused-ring (bicyclic) bond motifs is 1. The molecule has 32 heavy (non-hydrogen) atoms. The van der Waals surface area contributed by atoms with Crippen molar-refractivity contribution in [3.8, 4) is 0 Å². The SMILES string of the molecule is CN(C)CCCN(C(=O)CCCS(=O)(=O)c1ccc(F)cc1)c1nc2ccc(Br)cc2s1. The highest BCUT2D eigenvalue weighted by atomic mass is 79.9. The molecule has 0 aliphatic heterocycles. The fourth-order valence-electron chi connectivity index (χ4n) is 3.18. The van der Waals surface area contributed by atoms with E-state index in [4.69, 9.17) is 0 Å². The first-order valence-electron chi connectivity index (χ1n) is 10.2. The van der Waals surface area contributed by atoms with Gasteiger partial charge in [-0.15, -0.1) is 0 Å². The lowest BCUT2D eigenvalue weighted by molar-refractivity contribution is -0.118. The lowest BCUT2D eigenvalue weighted by Crippen LogP contribution is -2.33. The molecule has 1 amide bonds. The topological polar surface area (TPSA) is 70.6 Å². The largest absolute Gasteiger partial charge is 0.309 e. The van der Waals surface area contributed by atoms with E-state index in [0.717, 1.165) is 39.8 Å². The van der Waals surface area contributed by atoms with Crippen LogP contribution in [0.25, 0.3) is 10.2 Å². The Balaban J connectivity index is 1.70. The molecule has 0 aliphatic carbocycles. The molecule has 10 heteroatoms. The second kappa shape index (κ2) is 10.8. The number of amides is 1. The van der Waals surface area contributed by atoms with E-state index in [1.165, 1.54) is 23.5 Å². The van der Waals surface area contributed by atoms with Crippen molar-refractivity contribution >= 4 is 58.4 Å². The summed E-state index contributed by atoms with van der Waals surface area (Å²) in [7, 11) is 0.369. The number of hydrogen-bond acceptors (Lipinski definition) is 6. The summed E-state index contributed by atoms with van der Waals surface area (Å²) in [4.78, 5) is 21.4. The molecule has 0 bridgehead atoms. The summed E-state index contributed by atoms with van der Waals surface area (Å²) in [6.07, 6.45) is 1.04. The minimum absolute atomic E-state index is 0.0611. The van der Waals surface area contributed by atoms with Crippen LogP contribution in [-0.2, 0) is 14.6 Å². The number of thiazole rings is 1. The third-order valence-corrected chi connectivity index (χ3v) is 8.19. The maximum absolute atomic E-state index is 13.1. The highest BCUT2D eigenvalue weighted by Crippen LogP contribution is 2.31. The molecular formula is C22H25BrFN3O3S2. The van der Waals surface area contributed by atoms with Gasteiger partial charge in [-0.1, -0.05) is 27.3 Å². The smallest absolute Gasteiger partial charge is 0.228 e. The van der Waals surface area contributed by atoms with Crippen LogP contribution in [0.3, 0.4) is 0 Å². The van der Waals surface area contributed by atoms with E-state index < -0.39 is 15.7 Å². The molecule has 0 radical (unpaired) electrons. The average Bonchev–Trinajstić information content (AvgIpc) is 3.13. The number of hydrogen-bond donors (Lipinski definition) is 0. The molecule has 172 valence electrons. The summed E-state index contributed by atoms with van der Waals surface area (Å²) >= 11 is 4.90. The Hall–Kier alpha value is -1.88. The van der Waals surface area contributed by atoms with Gasteiger partial charge in [-0.25, -0.2) is 17.8 Å². The van der Waals surface area contributed by atoms with Crippen LogP contribution in [0.1, 0.15) is 19.3 Å². The van der Waals surface area contributed by atoms with E-state index in [-0.39, 0.29) is 29.4 Å². The van der Waals surface area contributed by atoms with E-state index in [1.54, 1.807) is 4.90 Å². The Morgan fingerprint density at radius 3 is 2.50 bits per heavy atom. The first-order valence-corrected chi connectivity index (χ1v) is 13.4. The molecular weight excluding hydrogens is 517 g/mol. The Bertz CT molecular complexity index is 1180. The Morgan fingerprint density at radius 2 is 1.81 bits per heavy atom. The summed E-state index contributed by atoms with van der Waals surface area (Å²) in [5.41, 5.74) is 0.817. The molecule has 6 nitrogen and oxygen atoms in total. The predicted molar refractivity (Wildman–Crippen MR) is 131 cm³/mol. The number of aromatic nitrogens is 1.